The predicted octanol–water partition coefficient (Wildman–Crippen LogP) is 3.00. The van der Waals surface area contributed by atoms with Crippen molar-refractivity contribution < 1.29 is 23.5 Å². The summed E-state index contributed by atoms with van der Waals surface area (Å²) in [5.74, 6) is -0.706. The smallest absolute Gasteiger partial charge is 0.339 e. The maximum Gasteiger partial charge on any atom is 0.339 e. The third kappa shape index (κ3) is 3.92. The Labute approximate surface area is 185 Å². The van der Waals surface area contributed by atoms with E-state index in [0.29, 0.717) is 24.0 Å². The van der Waals surface area contributed by atoms with Crippen molar-refractivity contribution in [2.45, 2.75) is 78.2 Å². The summed E-state index contributed by atoms with van der Waals surface area (Å²) in [5.41, 5.74) is 4.09. The second-order valence-electron chi connectivity index (χ2n) is 8.69. The number of aryl methyl sites for hydroxylation is 4. The van der Waals surface area contributed by atoms with Crippen LogP contribution in [0.15, 0.2) is 19.7 Å². The first kappa shape index (κ1) is 22.1. The van der Waals surface area contributed by atoms with E-state index < -0.39 is 23.5 Å². The second kappa shape index (κ2) is 8.81. The number of benzene rings is 1. The van der Waals surface area contributed by atoms with Crippen molar-refractivity contribution in [2.75, 3.05) is 0 Å². The van der Waals surface area contributed by atoms with Gasteiger partial charge in [0, 0.05) is 40.3 Å². The maximum absolute atomic E-state index is 12.7. The lowest BCUT2D eigenvalue weighted by Crippen LogP contribution is -2.47. The molecule has 2 heterocycles. The Bertz CT molecular complexity index is 1270. The van der Waals surface area contributed by atoms with Crippen molar-refractivity contribution in [3.8, 4) is 0 Å². The Hall–Kier alpha value is -3.09. The van der Waals surface area contributed by atoms with E-state index >= 15 is 0 Å². The molecule has 0 saturated carbocycles. The molecule has 4 rings (SSSR count). The fraction of sp³-hybridized carbons (Fsp3) is 0.480. The largest absolute Gasteiger partial charge is 0.548 e. The minimum atomic E-state index is -1.30. The van der Waals surface area contributed by atoms with Crippen molar-refractivity contribution in [2.24, 2.45) is 0 Å². The summed E-state index contributed by atoms with van der Waals surface area (Å²) in [6, 6.07) is 1.02. The zero-order valence-electron chi connectivity index (χ0n) is 18.8. The molecule has 1 aliphatic rings. The molecule has 1 aliphatic carbocycles. The van der Waals surface area contributed by atoms with Gasteiger partial charge in [0.15, 0.2) is 0 Å². The molecule has 0 bridgehead atoms. The number of carbonyl (C=O) groups excluding carboxylic acids is 2. The number of aliphatic carboxylic acids is 1. The topological polar surface area (TPSA) is 113 Å². The molecule has 3 aromatic rings. The number of amides is 1. The van der Waals surface area contributed by atoms with Gasteiger partial charge >= 0.3 is 5.63 Å². The summed E-state index contributed by atoms with van der Waals surface area (Å²) in [7, 11) is 0. The molecule has 32 heavy (non-hydrogen) atoms. The van der Waals surface area contributed by atoms with Gasteiger partial charge in [-0.25, -0.2) is 4.79 Å². The molecule has 1 amide bonds. The van der Waals surface area contributed by atoms with E-state index in [9.17, 15) is 19.5 Å². The molecule has 7 nitrogen and oxygen atoms in total. The van der Waals surface area contributed by atoms with Gasteiger partial charge in [0.25, 0.3) is 0 Å². The number of hydrogen-bond acceptors (Lipinski definition) is 6. The van der Waals surface area contributed by atoms with Gasteiger partial charge in [-0.15, -0.1) is 0 Å². The third-order valence-electron chi connectivity index (χ3n) is 6.52. The van der Waals surface area contributed by atoms with E-state index in [1.54, 1.807) is 0 Å². The summed E-state index contributed by atoms with van der Waals surface area (Å²) < 4.78 is 11.8. The van der Waals surface area contributed by atoms with E-state index in [-0.39, 0.29) is 12.8 Å². The number of rotatable bonds is 7. The van der Waals surface area contributed by atoms with Crippen LogP contribution in [0.25, 0.3) is 21.9 Å². The first-order valence-electron chi connectivity index (χ1n) is 11.3. The van der Waals surface area contributed by atoms with E-state index in [1.807, 2.05) is 26.8 Å². The van der Waals surface area contributed by atoms with E-state index in [2.05, 4.69) is 5.32 Å². The number of carbonyl (C=O) groups is 2. The molecule has 1 atom stereocenters. The summed E-state index contributed by atoms with van der Waals surface area (Å²) in [5, 5.41) is 15.6. The van der Waals surface area contributed by atoms with Gasteiger partial charge in [-0.3, -0.25) is 4.79 Å². The van der Waals surface area contributed by atoms with Crippen LogP contribution < -0.4 is 16.0 Å². The number of nitrogens with one attached hydrogen (secondary N) is 1. The number of carboxylic acid groups (broad SMARTS) is 1. The second-order valence-corrected chi connectivity index (χ2v) is 8.69. The minimum Gasteiger partial charge on any atom is -0.548 e. The average Bonchev–Trinajstić information content (AvgIpc) is 3.13. The maximum atomic E-state index is 12.7. The average molecular weight is 439 g/mol. The molecule has 7 heteroatoms. The molecule has 2 aromatic heterocycles. The first-order chi connectivity index (χ1) is 15.3. The fourth-order valence-corrected chi connectivity index (χ4v) is 4.75. The lowest BCUT2D eigenvalue weighted by Gasteiger charge is -2.19. The van der Waals surface area contributed by atoms with Crippen LogP contribution in [0.5, 0.6) is 0 Å². The standard InChI is InChI=1S/C25H29NO6/c1-4-7-19(24(28)29)26-21(27)11-10-15-13(2)17-12-18-16-8-5-6-9-20(16)31-23(18)14(3)22(17)32-25(15)30/h12,19H,4-11H2,1-3H3,(H,26,27)(H,28,29)/p-1/t19-/m1/s1. The summed E-state index contributed by atoms with van der Waals surface area (Å²) >= 11 is 0. The molecule has 170 valence electrons. The van der Waals surface area contributed by atoms with Crippen LogP contribution in [0.2, 0.25) is 0 Å². The van der Waals surface area contributed by atoms with Crippen molar-refractivity contribution in [1.82, 2.24) is 5.32 Å². The van der Waals surface area contributed by atoms with Gasteiger partial charge in [-0.1, -0.05) is 13.3 Å². The van der Waals surface area contributed by atoms with Crippen molar-refractivity contribution in [3.63, 3.8) is 0 Å². The molecular weight excluding hydrogens is 410 g/mol. The van der Waals surface area contributed by atoms with Crippen LogP contribution in [-0.2, 0) is 28.9 Å². The van der Waals surface area contributed by atoms with E-state index in [0.717, 1.165) is 58.9 Å². The summed E-state index contributed by atoms with van der Waals surface area (Å²) in [4.78, 5) is 36.2. The monoisotopic (exact) mass is 438 g/mol. The lowest BCUT2D eigenvalue weighted by atomic mass is 9.93. The highest BCUT2D eigenvalue weighted by Gasteiger charge is 2.23. The zero-order chi connectivity index (χ0) is 23.0. The SMILES string of the molecule is CCC[C@@H](NC(=O)CCc1c(C)c2cc3c4c(oc3c(C)c2oc1=O)CCCC4)C(=O)[O-]. The van der Waals surface area contributed by atoms with Gasteiger partial charge in [0.05, 0.1) is 12.0 Å². The summed E-state index contributed by atoms with van der Waals surface area (Å²) in [6.45, 7) is 5.61. The molecular formula is C25H28NO6-. The highest BCUT2D eigenvalue weighted by Crippen LogP contribution is 2.37. The molecule has 1 N–H and O–H groups in total. The van der Waals surface area contributed by atoms with Crippen LogP contribution in [0.1, 0.15) is 67.0 Å². The van der Waals surface area contributed by atoms with Crippen LogP contribution in [0.4, 0.5) is 0 Å². The Kier molecular flexibility index (Phi) is 6.09. The van der Waals surface area contributed by atoms with Crippen molar-refractivity contribution in [3.05, 3.63) is 44.5 Å². The van der Waals surface area contributed by atoms with Gasteiger partial charge in [-0.2, -0.15) is 0 Å². The summed E-state index contributed by atoms with van der Waals surface area (Å²) in [6.07, 6.45) is 5.22. The highest BCUT2D eigenvalue weighted by atomic mass is 16.4. The van der Waals surface area contributed by atoms with Crippen molar-refractivity contribution >= 4 is 33.8 Å². The quantitative estimate of drug-likeness (QED) is 0.568. The van der Waals surface area contributed by atoms with Gasteiger partial charge in [0.2, 0.25) is 5.91 Å². The number of carboxylic acids is 1. The van der Waals surface area contributed by atoms with Crippen LogP contribution in [0.3, 0.4) is 0 Å². The number of furan rings is 1. The third-order valence-corrected chi connectivity index (χ3v) is 6.52. The molecule has 0 aliphatic heterocycles. The fourth-order valence-electron chi connectivity index (χ4n) is 4.75. The molecule has 0 spiro atoms. The Morgan fingerprint density at radius 1 is 1.09 bits per heavy atom. The molecule has 1 aromatic carbocycles. The van der Waals surface area contributed by atoms with E-state index in [1.165, 1.54) is 5.56 Å². The predicted molar refractivity (Wildman–Crippen MR) is 119 cm³/mol. The Morgan fingerprint density at radius 2 is 1.81 bits per heavy atom. The molecule has 0 saturated heterocycles. The molecule has 0 fully saturated rings. The van der Waals surface area contributed by atoms with Crippen LogP contribution in [0, 0.1) is 13.8 Å². The van der Waals surface area contributed by atoms with E-state index in [4.69, 9.17) is 8.83 Å². The normalized spacial score (nSPS) is 14.5. The van der Waals surface area contributed by atoms with Crippen LogP contribution >= 0.6 is 0 Å². The minimum absolute atomic E-state index is 0.00701. The first-order valence-corrected chi connectivity index (χ1v) is 11.3. The lowest BCUT2D eigenvalue weighted by molar-refractivity contribution is -0.308. The zero-order valence-corrected chi connectivity index (χ0v) is 18.8. The van der Waals surface area contributed by atoms with Gasteiger partial charge in [-0.05, 0) is 57.6 Å². The Balaban J connectivity index is 1.67. The van der Waals surface area contributed by atoms with Crippen LogP contribution in [-0.4, -0.2) is 17.9 Å². The van der Waals surface area contributed by atoms with Gasteiger partial charge < -0.3 is 24.1 Å². The number of fused-ring (bicyclic) bond motifs is 4. The van der Waals surface area contributed by atoms with Gasteiger partial charge in [0.1, 0.15) is 16.9 Å². The Morgan fingerprint density at radius 3 is 2.53 bits per heavy atom. The molecule has 0 unspecified atom stereocenters. The highest BCUT2D eigenvalue weighted by molar-refractivity contribution is 6.00. The molecule has 0 radical (unpaired) electrons. The number of hydrogen-bond donors (Lipinski definition) is 1. The van der Waals surface area contributed by atoms with Crippen molar-refractivity contribution in [1.29, 1.82) is 0 Å².